The van der Waals surface area contributed by atoms with E-state index in [1.165, 1.54) is 31.2 Å². The first-order chi connectivity index (χ1) is 10.7. The first-order valence-corrected chi connectivity index (χ1v) is 8.78. The van der Waals surface area contributed by atoms with Crippen LogP contribution in [0.2, 0.25) is 0 Å². The summed E-state index contributed by atoms with van der Waals surface area (Å²) in [5.74, 6) is 1.12. The minimum atomic E-state index is 0.340. The second-order valence-electron chi connectivity index (χ2n) is 7.02. The zero-order chi connectivity index (χ0) is 15.4. The van der Waals surface area contributed by atoms with E-state index in [0.717, 1.165) is 32.0 Å². The summed E-state index contributed by atoms with van der Waals surface area (Å²) in [5, 5.41) is 0. The molecule has 3 heteroatoms. The molecule has 2 aliphatic rings. The van der Waals surface area contributed by atoms with Crippen LogP contribution >= 0.6 is 0 Å². The molecule has 3 rings (SSSR count). The Kier molecular flexibility index (Phi) is 5.14. The van der Waals surface area contributed by atoms with Crippen molar-refractivity contribution < 1.29 is 4.79 Å². The van der Waals surface area contributed by atoms with Crippen LogP contribution in [-0.4, -0.2) is 47.9 Å². The molecule has 1 unspecified atom stereocenters. The molecule has 2 fully saturated rings. The molecule has 0 bridgehead atoms. The molecule has 120 valence electrons. The van der Waals surface area contributed by atoms with Gasteiger partial charge in [-0.1, -0.05) is 37.3 Å². The van der Waals surface area contributed by atoms with Crippen LogP contribution in [0.5, 0.6) is 0 Å². The summed E-state index contributed by atoms with van der Waals surface area (Å²) in [6.45, 7) is 5.89. The Hall–Kier alpha value is -1.35. The van der Waals surface area contributed by atoms with Crippen molar-refractivity contribution in [3.8, 4) is 0 Å². The fourth-order valence-electron chi connectivity index (χ4n) is 3.75. The zero-order valence-electron chi connectivity index (χ0n) is 13.7. The van der Waals surface area contributed by atoms with Crippen LogP contribution in [0, 0.1) is 5.92 Å². The van der Waals surface area contributed by atoms with Gasteiger partial charge in [0.1, 0.15) is 0 Å². The smallest absolute Gasteiger partial charge is 0.236 e. The third kappa shape index (κ3) is 3.89. The number of carbonyl (C=O) groups is 1. The van der Waals surface area contributed by atoms with Crippen molar-refractivity contribution in [3.05, 3.63) is 35.9 Å². The highest BCUT2D eigenvalue weighted by atomic mass is 16.2. The third-order valence-electron chi connectivity index (χ3n) is 5.29. The van der Waals surface area contributed by atoms with E-state index >= 15 is 0 Å². The molecule has 2 saturated heterocycles. The van der Waals surface area contributed by atoms with Gasteiger partial charge >= 0.3 is 0 Å². The third-order valence-corrected chi connectivity index (χ3v) is 5.29. The van der Waals surface area contributed by atoms with Gasteiger partial charge < -0.3 is 4.90 Å². The lowest BCUT2D eigenvalue weighted by atomic mass is 9.99. The molecule has 0 aliphatic carbocycles. The van der Waals surface area contributed by atoms with Gasteiger partial charge in [-0.05, 0) is 50.1 Å². The SMILES string of the molecule is CC1CCN(C(=O)CN2CCCC2Cc2ccccc2)CC1. The summed E-state index contributed by atoms with van der Waals surface area (Å²) < 4.78 is 0. The predicted molar refractivity (Wildman–Crippen MR) is 89.7 cm³/mol. The van der Waals surface area contributed by atoms with Crippen LogP contribution in [-0.2, 0) is 11.2 Å². The summed E-state index contributed by atoms with van der Waals surface area (Å²) in [6.07, 6.45) is 5.85. The fourth-order valence-corrected chi connectivity index (χ4v) is 3.75. The van der Waals surface area contributed by atoms with E-state index in [9.17, 15) is 4.79 Å². The van der Waals surface area contributed by atoms with E-state index in [4.69, 9.17) is 0 Å². The number of nitrogens with zero attached hydrogens (tertiary/aromatic N) is 2. The number of carbonyl (C=O) groups excluding carboxylic acids is 1. The molecule has 22 heavy (non-hydrogen) atoms. The number of likely N-dealkylation sites (tertiary alicyclic amines) is 2. The van der Waals surface area contributed by atoms with Gasteiger partial charge in [-0.25, -0.2) is 0 Å². The summed E-state index contributed by atoms with van der Waals surface area (Å²) in [5.41, 5.74) is 1.39. The van der Waals surface area contributed by atoms with Gasteiger partial charge in [0, 0.05) is 19.1 Å². The summed E-state index contributed by atoms with van der Waals surface area (Å²) in [7, 11) is 0. The normalized spacial score (nSPS) is 23.9. The van der Waals surface area contributed by atoms with Crippen LogP contribution in [0.4, 0.5) is 0 Å². The number of amides is 1. The highest BCUT2D eigenvalue weighted by Crippen LogP contribution is 2.22. The topological polar surface area (TPSA) is 23.6 Å². The summed E-state index contributed by atoms with van der Waals surface area (Å²) in [6, 6.07) is 11.2. The molecule has 1 aromatic rings. The van der Waals surface area contributed by atoms with Gasteiger partial charge in [-0.15, -0.1) is 0 Å². The maximum Gasteiger partial charge on any atom is 0.236 e. The van der Waals surface area contributed by atoms with Gasteiger partial charge in [0.25, 0.3) is 0 Å². The van der Waals surface area contributed by atoms with Gasteiger partial charge in [0.05, 0.1) is 6.54 Å². The van der Waals surface area contributed by atoms with E-state index in [0.29, 0.717) is 18.5 Å². The van der Waals surface area contributed by atoms with Crippen LogP contribution in [0.1, 0.15) is 38.2 Å². The van der Waals surface area contributed by atoms with E-state index in [1.54, 1.807) is 0 Å². The zero-order valence-corrected chi connectivity index (χ0v) is 13.7. The molecular weight excluding hydrogens is 272 g/mol. The van der Waals surface area contributed by atoms with E-state index in [2.05, 4.69) is 47.1 Å². The van der Waals surface area contributed by atoms with Crippen molar-refractivity contribution in [2.24, 2.45) is 5.92 Å². The number of rotatable bonds is 4. The maximum absolute atomic E-state index is 12.5. The molecule has 0 saturated carbocycles. The average Bonchev–Trinajstić information content (AvgIpc) is 2.96. The molecule has 2 heterocycles. The second kappa shape index (κ2) is 7.28. The quantitative estimate of drug-likeness (QED) is 0.853. The predicted octanol–water partition coefficient (Wildman–Crippen LogP) is 2.95. The Morgan fingerprint density at radius 2 is 1.82 bits per heavy atom. The highest BCUT2D eigenvalue weighted by molar-refractivity contribution is 5.78. The van der Waals surface area contributed by atoms with Crippen molar-refractivity contribution in [3.63, 3.8) is 0 Å². The molecule has 3 nitrogen and oxygen atoms in total. The van der Waals surface area contributed by atoms with Crippen molar-refractivity contribution in [2.45, 2.75) is 45.1 Å². The Balaban J connectivity index is 1.53. The van der Waals surface area contributed by atoms with Gasteiger partial charge in [0.15, 0.2) is 0 Å². The average molecular weight is 300 g/mol. The van der Waals surface area contributed by atoms with Crippen LogP contribution in [0.3, 0.4) is 0 Å². The molecule has 0 radical (unpaired) electrons. The first-order valence-electron chi connectivity index (χ1n) is 8.78. The maximum atomic E-state index is 12.5. The van der Waals surface area contributed by atoms with Crippen molar-refractivity contribution >= 4 is 5.91 Å². The molecule has 0 spiro atoms. The standard InChI is InChI=1S/C19H28N2O/c1-16-9-12-20(13-10-16)19(22)15-21-11-5-8-18(21)14-17-6-3-2-4-7-17/h2-4,6-7,16,18H,5,8-15H2,1H3. The Morgan fingerprint density at radius 3 is 2.55 bits per heavy atom. The fraction of sp³-hybridized carbons (Fsp3) is 0.632. The molecule has 1 amide bonds. The minimum absolute atomic E-state index is 0.340. The lowest BCUT2D eigenvalue weighted by molar-refractivity contribution is -0.134. The molecule has 0 aromatic heterocycles. The molecule has 1 aromatic carbocycles. The van der Waals surface area contributed by atoms with E-state index in [-0.39, 0.29) is 0 Å². The van der Waals surface area contributed by atoms with E-state index in [1.807, 2.05) is 0 Å². The van der Waals surface area contributed by atoms with Gasteiger partial charge in [0.2, 0.25) is 5.91 Å². The van der Waals surface area contributed by atoms with Gasteiger partial charge in [-0.3, -0.25) is 9.69 Å². The number of benzene rings is 1. The Morgan fingerprint density at radius 1 is 1.09 bits per heavy atom. The molecule has 1 atom stereocenters. The second-order valence-corrected chi connectivity index (χ2v) is 7.02. The lowest BCUT2D eigenvalue weighted by Gasteiger charge is -2.33. The number of hydrogen-bond acceptors (Lipinski definition) is 2. The largest absolute Gasteiger partial charge is 0.342 e. The Labute approximate surface area is 134 Å². The summed E-state index contributed by atoms with van der Waals surface area (Å²) >= 11 is 0. The highest BCUT2D eigenvalue weighted by Gasteiger charge is 2.28. The van der Waals surface area contributed by atoms with Crippen molar-refractivity contribution in [1.82, 2.24) is 9.80 Å². The molecular formula is C19H28N2O. The minimum Gasteiger partial charge on any atom is -0.342 e. The number of hydrogen-bond donors (Lipinski definition) is 0. The Bertz CT molecular complexity index is 479. The van der Waals surface area contributed by atoms with Crippen LogP contribution in [0.15, 0.2) is 30.3 Å². The first kappa shape index (κ1) is 15.5. The summed E-state index contributed by atoms with van der Waals surface area (Å²) in [4.78, 5) is 17.0. The monoisotopic (exact) mass is 300 g/mol. The van der Waals surface area contributed by atoms with Crippen molar-refractivity contribution in [1.29, 1.82) is 0 Å². The van der Waals surface area contributed by atoms with Crippen LogP contribution < -0.4 is 0 Å². The number of piperidine rings is 1. The lowest BCUT2D eigenvalue weighted by Crippen LogP contribution is -2.45. The molecule has 0 N–H and O–H groups in total. The van der Waals surface area contributed by atoms with E-state index < -0.39 is 0 Å². The van der Waals surface area contributed by atoms with Gasteiger partial charge in [-0.2, -0.15) is 0 Å². The van der Waals surface area contributed by atoms with Crippen molar-refractivity contribution in [2.75, 3.05) is 26.2 Å². The molecule has 2 aliphatic heterocycles. The van der Waals surface area contributed by atoms with Crippen LogP contribution in [0.25, 0.3) is 0 Å².